The zero-order chi connectivity index (χ0) is 11.5. The first kappa shape index (κ1) is 14.0. The van der Waals surface area contributed by atoms with Crippen molar-refractivity contribution in [2.45, 2.75) is 25.8 Å². The number of rotatable bonds is 2. The molecule has 0 spiro atoms. The van der Waals surface area contributed by atoms with Crippen LogP contribution in [-0.4, -0.2) is 34.8 Å². The van der Waals surface area contributed by atoms with Crippen LogP contribution in [0.3, 0.4) is 0 Å². The van der Waals surface area contributed by atoms with E-state index in [1.54, 1.807) is 10.9 Å². The number of aromatic nitrogens is 2. The van der Waals surface area contributed by atoms with Crippen LogP contribution in [0.15, 0.2) is 6.20 Å². The molecule has 1 amide bonds. The third-order valence-corrected chi connectivity index (χ3v) is 3.11. The average molecular weight is 259 g/mol. The van der Waals surface area contributed by atoms with Crippen molar-refractivity contribution in [2.75, 3.05) is 13.1 Å². The summed E-state index contributed by atoms with van der Waals surface area (Å²) in [7, 11) is 1.84. The van der Waals surface area contributed by atoms with E-state index in [4.69, 9.17) is 0 Å². The number of halogens is 1. The molecule has 1 fully saturated rings. The maximum Gasteiger partial charge on any atom is 0.255 e. The third-order valence-electron chi connectivity index (χ3n) is 3.11. The summed E-state index contributed by atoms with van der Waals surface area (Å²) < 4.78 is 1.72. The second-order valence-corrected chi connectivity index (χ2v) is 4.28. The van der Waals surface area contributed by atoms with E-state index in [1.165, 1.54) is 0 Å². The first-order valence-corrected chi connectivity index (χ1v) is 5.68. The van der Waals surface area contributed by atoms with Gasteiger partial charge in [-0.15, -0.1) is 12.4 Å². The van der Waals surface area contributed by atoms with Crippen LogP contribution >= 0.6 is 12.4 Å². The first-order chi connectivity index (χ1) is 7.68. The molecule has 2 rings (SSSR count). The van der Waals surface area contributed by atoms with Crippen molar-refractivity contribution in [1.29, 1.82) is 0 Å². The van der Waals surface area contributed by atoms with Crippen LogP contribution in [0, 0.1) is 6.92 Å². The van der Waals surface area contributed by atoms with Crippen LogP contribution in [0.25, 0.3) is 0 Å². The Kier molecular flexibility index (Phi) is 4.96. The molecule has 6 heteroatoms. The molecule has 5 nitrogen and oxygen atoms in total. The number of hydrogen-bond acceptors (Lipinski definition) is 3. The van der Waals surface area contributed by atoms with E-state index in [9.17, 15) is 4.79 Å². The first-order valence-electron chi connectivity index (χ1n) is 5.68. The topological polar surface area (TPSA) is 59.0 Å². The van der Waals surface area contributed by atoms with Crippen LogP contribution in [-0.2, 0) is 7.05 Å². The van der Waals surface area contributed by atoms with Crippen LogP contribution in [0.2, 0.25) is 0 Å². The van der Waals surface area contributed by atoms with Crippen LogP contribution in [0.5, 0.6) is 0 Å². The highest BCUT2D eigenvalue weighted by Gasteiger charge is 2.18. The van der Waals surface area contributed by atoms with Crippen molar-refractivity contribution < 1.29 is 4.79 Å². The maximum atomic E-state index is 12.0. The number of nitrogens with one attached hydrogen (secondary N) is 2. The molecule has 96 valence electrons. The fourth-order valence-corrected chi connectivity index (χ4v) is 1.96. The molecule has 0 radical (unpaired) electrons. The molecule has 1 aromatic heterocycles. The Balaban J connectivity index is 0.00000144. The van der Waals surface area contributed by atoms with Crippen LogP contribution < -0.4 is 10.6 Å². The Morgan fingerprint density at radius 1 is 1.65 bits per heavy atom. The van der Waals surface area contributed by atoms with E-state index in [2.05, 4.69) is 15.7 Å². The van der Waals surface area contributed by atoms with Gasteiger partial charge in [-0.2, -0.15) is 5.10 Å². The van der Waals surface area contributed by atoms with Gasteiger partial charge in [0.25, 0.3) is 5.91 Å². The minimum Gasteiger partial charge on any atom is -0.348 e. The Hall–Kier alpha value is -1.07. The summed E-state index contributed by atoms with van der Waals surface area (Å²) in [5.74, 6) is -0.0145. The van der Waals surface area contributed by atoms with Crippen molar-refractivity contribution in [2.24, 2.45) is 7.05 Å². The molecule has 0 unspecified atom stereocenters. The van der Waals surface area contributed by atoms with Crippen molar-refractivity contribution in [1.82, 2.24) is 20.4 Å². The lowest BCUT2D eigenvalue weighted by molar-refractivity contribution is 0.0930. The SMILES string of the molecule is Cc1c(C(=O)N[C@@H]2CCCNC2)cnn1C.Cl. The minimum absolute atomic E-state index is 0. The molecule has 0 aromatic carbocycles. The Morgan fingerprint density at radius 2 is 2.41 bits per heavy atom. The smallest absolute Gasteiger partial charge is 0.255 e. The summed E-state index contributed by atoms with van der Waals surface area (Å²) in [5.41, 5.74) is 1.58. The number of aryl methyl sites for hydroxylation is 1. The molecule has 1 aliphatic heterocycles. The number of carbonyl (C=O) groups is 1. The zero-order valence-electron chi connectivity index (χ0n) is 10.2. The highest BCUT2D eigenvalue weighted by molar-refractivity contribution is 5.95. The monoisotopic (exact) mass is 258 g/mol. The van der Waals surface area contributed by atoms with Gasteiger partial charge in [0.2, 0.25) is 0 Å². The lowest BCUT2D eigenvalue weighted by atomic mass is 10.1. The Labute approximate surface area is 107 Å². The highest BCUT2D eigenvalue weighted by atomic mass is 35.5. The predicted octanol–water partition coefficient (Wildman–Crippen LogP) is 0.632. The van der Waals surface area contributed by atoms with Crippen LogP contribution in [0.4, 0.5) is 0 Å². The van der Waals surface area contributed by atoms with Gasteiger partial charge in [0, 0.05) is 25.3 Å². The molecule has 2 heterocycles. The minimum atomic E-state index is -0.0145. The van der Waals surface area contributed by atoms with Gasteiger partial charge in [0.1, 0.15) is 0 Å². The number of nitrogens with zero attached hydrogens (tertiary/aromatic N) is 2. The molecule has 1 saturated heterocycles. The van der Waals surface area contributed by atoms with Crippen molar-refractivity contribution >= 4 is 18.3 Å². The molecule has 0 aliphatic carbocycles. The second kappa shape index (κ2) is 6.02. The third kappa shape index (κ3) is 3.20. The molecule has 0 saturated carbocycles. The summed E-state index contributed by atoms with van der Waals surface area (Å²) in [6, 6.07) is 0.251. The van der Waals surface area contributed by atoms with Crippen molar-refractivity contribution in [3.63, 3.8) is 0 Å². The van der Waals surface area contributed by atoms with Gasteiger partial charge >= 0.3 is 0 Å². The number of hydrogen-bond donors (Lipinski definition) is 2. The Bertz CT molecular complexity index is 385. The van der Waals surface area contributed by atoms with E-state index in [1.807, 2.05) is 14.0 Å². The largest absolute Gasteiger partial charge is 0.348 e. The second-order valence-electron chi connectivity index (χ2n) is 4.28. The molecule has 2 N–H and O–H groups in total. The standard InChI is InChI=1S/C11H18N4O.ClH/c1-8-10(7-13-15(8)2)11(16)14-9-4-3-5-12-6-9;/h7,9,12H,3-6H2,1-2H3,(H,14,16);1H/t9-;/m1./s1. The summed E-state index contributed by atoms with van der Waals surface area (Å²) in [5, 5.41) is 10.4. The number of carbonyl (C=O) groups excluding carboxylic acids is 1. The summed E-state index contributed by atoms with van der Waals surface area (Å²) in [6.45, 7) is 3.82. The molecule has 1 aliphatic rings. The molecular weight excluding hydrogens is 240 g/mol. The van der Waals surface area contributed by atoms with Crippen LogP contribution in [0.1, 0.15) is 28.9 Å². The van der Waals surface area contributed by atoms with E-state index in [0.29, 0.717) is 5.56 Å². The molecule has 0 bridgehead atoms. The maximum absolute atomic E-state index is 12.0. The lowest BCUT2D eigenvalue weighted by Crippen LogP contribution is -2.45. The molecule has 17 heavy (non-hydrogen) atoms. The number of amides is 1. The fraction of sp³-hybridized carbons (Fsp3) is 0.636. The normalized spacial score (nSPS) is 19.5. The van der Waals surface area contributed by atoms with Crippen molar-refractivity contribution in [3.8, 4) is 0 Å². The van der Waals surface area contributed by atoms with Gasteiger partial charge in [0.05, 0.1) is 11.8 Å². The van der Waals surface area contributed by atoms with Gasteiger partial charge in [-0.3, -0.25) is 9.48 Å². The zero-order valence-corrected chi connectivity index (χ0v) is 11.0. The van der Waals surface area contributed by atoms with Gasteiger partial charge < -0.3 is 10.6 Å². The van der Waals surface area contributed by atoms with Crippen molar-refractivity contribution in [3.05, 3.63) is 17.5 Å². The summed E-state index contributed by atoms with van der Waals surface area (Å²) in [6.07, 6.45) is 3.80. The lowest BCUT2D eigenvalue weighted by Gasteiger charge is -2.23. The van der Waals surface area contributed by atoms with E-state index < -0.39 is 0 Å². The van der Waals surface area contributed by atoms with Gasteiger partial charge in [0.15, 0.2) is 0 Å². The van der Waals surface area contributed by atoms with E-state index in [0.717, 1.165) is 31.6 Å². The highest BCUT2D eigenvalue weighted by Crippen LogP contribution is 2.07. The molecule has 1 atom stereocenters. The average Bonchev–Trinajstić information content (AvgIpc) is 2.61. The summed E-state index contributed by atoms with van der Waals surface area (Å²) >= 11 is 0. The Morgan fingerprint density at radius 3 is 2.94 bits per heavy atom. The summed E-state index contributed by atoms with van der Waals surface area (Å²) in [4.78, 5) is 12.0. The number of piperidine rings is 1. The molecule has 1 aromatic rings. The fourth-order valence-electron chi connectivity index (χ4n) is 1.96. The molecular formula is C11H19ClN4O. The quantitative estimate of drug-likeness (QED) is 0.818. The van der Waals surface area contributed by atoms with E-state index >= 15 is 0 Å². The van der Waals surface area contributed by atoms with Gasteiger partial charge in [-0.1, -0.05) is 0 Å². The predicted molar refractivity (Wildman–Crippen MR) is 68.6 cm³/mol. The van der Waals surface area contributed by atoms with Gasteiger partial charge in [-0.25, -0.2) is 0 Å². The van der Waals surface area contributed by atoms with E-state index in [-0.39, 0.29) is 24.4 Å². The van der Waals surface area contributed by atoms with Gasteiger partial charge in [-0.05, 0) is 26.3 Å².